The maximum atomic E-state index is 11.9. The van der Waals surface area contributed by atoms with Gasteiger partial charge in [0.05, 0.1) is 0 Å². The zero-order valence-corrected chi connectivity index (χ0v) is 13.6. The second-order valence-corrected chi connectivity index (χ2v) is 4.93. The monoisotopic (exact) mass is 326 g/mol. The molecule has 5 heteroatoms. The van der Waals surface area contributed by atoms with Crippen LogP contribution in [-0.2, 0) is 22.4 Å². The Labute approximate surface area is 142 Å². The first-order valence-electron chi connectivity index (χ1n) is 7.41. The molecule has 0 unspecified atom stereocenters. The highest BCUT2D eigenvalue weighted by Crippen LogP contribution is 2.29. The summed E-state index contributed by atoms with van der Waals surface area (Å²) in [7, 11) is 0. The number of ether oxygens (including phenoxy) is 1. The summed E-state index contributed by atoms with van der Waals surface area (Å²) in [5.74, 6) is -0.505. The van der Waals surface area contributed by atoms with Gasteiger partial charge in [0.2, 0.25) is 11.8 Å². The average molecular weight is 326 g/mol. The van der Waals surface area contributed by atoms with Gasteiger partial charge in [-0.1, -0.05) is 24.8 Å². The summed E-state index contributed by atoms with van der Waals surface area (Å²) >= 11 is 0. The molecule has 0 heterocycles. The highest BCUT2D eigenvalue weighted by atomic mass is 16.5. The standard InChI is InChI=1S/C19H22N2O3/c1-4-7-14-12-15(8-5-2)17(24-11-6-3)13-16(14)21-19(23)10-9-18(20)22/h4-6,9-10,12-13H,1-3,7-8,11H2,(H2,20,22)(H,21,23)/b10-9-. The van der Waals surface area contributed by atoms with E-state index >= 15 is 0 Å². The van der Waals surface area contributed by atoms with Crippen molar-refractivity contribution in [3.8, 4) is 5.75 Å². The van der Waals surface area contributed by atoms with Crippen molar-refractivity contribution in [3.05, 3.63) is 73.4 Å². The minimum Gasteiger partial charge on any atom is -0.489 e. The van der Waals surface area contributed by atoms with E-state index in [9.17, 15) is 9.59 Å². The zero-order valence-electron chi connectivity index (χ0n) is 13.6. The van der Waals surface area contributed by atoms with Gasteiger partial charge in [-0.3, -0.25) is 9.59 Å². The molecule has 0 aliphatic carbocycles. The number of primary amides is 1. The smallest absolute Gasteiger partial charge is 0.248 e. The lowest BCUT2D eigenvalue weighted by Crippen LogP contribution is -2.13. The second-order valence-electron chi connectivity index (χ2n) is 4.93. The molecule has 0 aliphatic rings. The van der Waals surface area contributed by atoms with Crippen molar-refractivity contribution < 1.29 is 14.3 Å². The lowest BCUT2D eigenvalue weighted by atomic mass is 10.0. The molecule has 0 bridgehead atoms. The maximum absolute atomic E-state index is 11.9. The van der Waals surface area contributed by atoms with Crippen molar-refractivity contribution >= 4 is 17.5 Å². The van der Waals surface area contributed by atoms with Gasteiger partial charge in [0.1, 0.15) is 12.4 Å². The van der Waals surface area contributed by atoms with Gasteiger partial charge < -0.3 is 15.8 Å². The van der Waals surface area contributed by atoms with E-state index in [1.807, 2.05) is 6.07 Å². The van der Waals surface area contributed by atoms with Gasteiger partial charge in [-0.25, -0.2) is 0 Å². The highest BCUT2D eigenvalue weighted by Gasteiger charge is 2.11. The molecule has 1 aromatic rings. The SMILES string of the molecule is C=CCOc1cc(NC(=O)/C=C\C(N)=O)c(CC=C)cc1CC=C. The van der Waals surface area contributed by atoms with Gasteiger partial charge in [0, 0.05) is 23.9 Å². The van der Waals surface area contributed by atoms with Crippen molar-refractivity contribution in [1.82, 2.24) is 0 Å². The largest absolute Gasteiger partial charge is 0.489 e. The van der Waals surface area contributed by atoms with E-state index in [0.29, 0.717) is 30.9 Å². The van der Waals surface area contributed by atoms with Gasteiger partial charge in [0.25, 0.3) is 0 Å². The second kappa shape index (κ2) is 9.84. The molecule has 0 aromatic heterocycles. The van der Waals surface area contributed by atoms with Crippen molar-refractivity contribution in [2.45, 2.75) is 12.8 Å². The van der Waals surface area contributed by atoms with Crippen LogP contribution in [0.2, 0.25) is 0 Å². The van der Waals surface area contributed by atoms with E-state index in [2.05, 4.69) is 25.1 Å². The minimum absolute atomic E-state index is 0.347. The molecular weight excluding hydrogens is 304 g/mol. The predicted molar refractivity (Wildman–Crippen MR) is 96.9 cm³/mol. The summed E-state index contributed by atoms with van der Waals surface area (Å²) < 4.78 is 5.66. The molecule has 0 radical (unpaired) electrons. The predicted octanol–water partition coefficient (Wildman–Crippen LogP) is 2.69. The minimum atomic E-state index is -0.687. The van der Waals surface area contributed by atoms with Crippen LogP contribution >= 0.6 is 0 Å². The number of benzene rings is 1. The van der Waals surface area contributed by atoms with E-state index < -0.39 is 11.8 Å². The summed E-state index contributed by atoms with van der Waals surface area (Å²) in [6, 6.07) is 3.69. The van der Waals surface area contributed by atoms with Crippen LogP contribution < -0.4 is 15.8 Å². The molecule has 24 heavy (non-hydrogen) atoms. The van der Waals surface area contributed by atoms with Crippen molar-refractivity contribution in [2.24, 2.45) is 5.73 Å². The summed E-state index contributed by atoms with van der Waals surface area (Å²) in [6.45, 7) is 11.5. The number of hydrogen-bond donors (Lipinski definition) is 2. The fourth-order valence-electron chi connectivity index (χ4n) is 2.05. The van der Waals surface area contributed by atoms with Crippen molar-refractivity contribution in [1.29, 1.82) is 0 Å². The van der Waals surface area contributed by atoms with Gasteiger partial charge >= 0.3 is 0 Å². The van der Waals surface area contributed by atoms with Crippen LogP contribution in [0, 0.1) is 0 Å². The average Bonchev–Trinajstić information content (AvgIpc) is 2.54. The zero-order chi connectivity index (χ0) is 17.9. The molecule has 1 aromatic carbocycles. The Morgan fingerprint density at radius 3 is 2.29 bits per heavy atom. The number of carbonyl (C=O) groups excluding carboxylic acids is 2. The lowest BCUT2D eigenvalue weighted by molar-refractivity contribution is -0.115. The normalized spacial score (nSPS) is 10.2. The number of nitrogens with one attached hydrogen (secondary N) is 1. The third-order valence-electron chi connectivity index (χ3n) is 3.03. The van der Waals surface area contributed by atoms with Crippen molar-refractivity contribution in [2.75, 3.05) is 11.9 Å². The number of carbonyl (C=O) groups is 2. The molecule has 0 spiro atoms. The Bertz CT molecular complexity index is 675. The van der Waals surface area contributed by atoms with Crippen LogP contribution in [0.1, 0.15) is 11.1 Å². The molecule has 5 nitrogen and oxygen atoms in total. The maximum Gasteiger partial charge on any atom is 0.248 e. The molecule has 2 amide bonds. The Morgan fingerprint density at radius 1 is 1.04 bits per heavy atom. The van der Waals surface area contributed by atoms with Gasteiger partial charge in [-0.15, -0.1) is 13.2 Å². The topological polar surface area (TPSA) is 81.4 Å². The summed E-state index contributed by atoms with van der Waals surface area (Å²) in [6.07, 6.45) is 8.45. The molecule has 126 valence electrons. The van der Waals surface area contributed by atoms with Crippen LogP contribution in [0.5, 0.6) is 5.75 Å². The van der Waals surface area contributed by atoms with Crippen LogP contribution in [0.25, 0.3) is 0 Å². The molecule has 1 rings (SSSR count). The number of nitrogens with two attached hydrogens (primary N) is 1. The van der Waals surface area contributed by atoms with E-state index in [1.165, 1.54) is 0 Å². The third kappa shape index (κ3) is 5.96. The van der Waals surface area contributed by atoms with Gasteiger partial charge in [0.15, 0.2) is 0 Å². The number of amides is 2. The van der Waals surface area contributed by atoms with E-state index in [0.717, 1.165) is 23.3 Å². The quantitative estimate of drug-likeness (QED) is 0.512. The summed E-state index contributed by atoms with van der Waals surface area (Å²) in [5.41, 5.74) is 7.41. The number of rotatable bonds is 10. The number of hydrogen-bond acceptors (Lipinski definition) is 3. The van der Waals surface area contributed by atoms with Gasteiger partial charge in [-0.05, 0) is 30.0 Å². The molecule has 0 aliphatic heterocycles. The summed E-state index contributed by atoms with van der Waals surface area (Å²) in [5, 5.41) is 2.72. The molecule has 0 saturated carbocycles. The van der Waals surface area contributed by atoms with Crippen molar-refractivity contribution in [3.63, 3.8) is 0 Å². The Kier molecular flexibility index (Phi) is 7.78. The molecular formula is C19H22N2O3. The Balaban J connectivity index is 3.20. The van der Waals surface area contributed by atoms with Crippen LogP contribution in [0.4, 0.5) is 5.69 Å². The first-order valence-corrected chi connectivity index (χ1v) is 7.41. The Morgan fingerprint density at radius 2 is 1.71 bits per heavy atom. The summed E-state index contributed by atoms with van der Waals surface area (Å²) in [4.78, 5) is 22.6. The van der Waals surface area contributed by atoms with E-state index in [4.69, 9.17) is 10.5 Å². The molecule has 0 atom stereocenters. The van der Waals surface area contributed by atoms with E-state index in [1.54, 1.807) is 24.3 Å². The molecule has 0 saturated heterocycles. The molecule has 3 N–H and O–H groups in total. The van der Waals surface area contributed by atoms with Gasteiger partial charge in [-0.2, -0.15) is 0 Å². The highest BCUT2D eigenvalue weighted by molar-refractivity contribution is 6.03. The molecule has 0 fully saturated rings. The fourth-order valence-corrected chi connectivity index (χ4v) is 2.05. The fraction of sp³-hybridized carbons (Fsp3) is 0.158. The number of anilines is 1. The first kappa shape index (κ1) is 19.0. The number of allylic oxidation sites excluding steroid dienone is 2. The van der Waals surface area contributed by atoms with Crippen LogP contribution in [0.15, 0.2) is 62.2 Å². The van der Waals surface area contributed by atoms with E-state index in [-0.39, 0.29) is 0 Å². The van der Waals surface area contributed by atoms with Crippen LogP contribution in [-0.4, -0.2) is 18.4 Å². The third-order valence-corrected chi connectivity index (χ3v) is 3.03. The lowest BCUT2D eigenvalue weighted by Gasteiger charge is -2.15. The first-order chi connectivity index (χ1) is 11.5. The Hall–Kier alpha value is -3.08. The van der Waals surface area contributed by atoms with Crippen LogP contribution in [0.3, 0.4) is 0 Å².